The number of nitrogens with one attached hydrogen (secondary N) is 1. The number of amides is 2. The summed E-state index contributed by atoms with van der Waals surface area (Å²) in [6.07, 6.45) is 1.03. The van der Waals surface area contributed by atoms with Crippen molar-refractivity contribution in [2.24, 2.45) is 0 Å². The minimum Gasteiger partial charge on any atom is -0.296 e. The molecule has 0 aromatic heterocycles. The van der Waals surface area contributed by atoms with E-state index in [1.54, 1.807) is 12.1 Å². The molecule has 1 saturated heterocycles. The molecule has 1 aromatic carbocycles. The average Bonchev–Trinajstić information content (AvgIpc) is 2.82. The summed E-state index contributed by atoms with van der Waals surface area (Å²) in [7, 11) is 0. The number of nitro groups is 1. The normalized spacial score (nSPS) is 25.3. The highest BCUT2D eigenvalue weighted by Gasteiger charge is 2.52. The van der Waals surface area contributed by atoms with Gasteiger partial charge in [0.1, 0.15) is 0 Å². The molecule has 0 saturated carbocycles. The number of nitrogens with zero attached hydrogens (tertiary/aromatic N) is 1. The van der Waals surface area contributed by atoms with Gasteiger partial charge < -0.3 is 0 Å². The molecule has 1 spiro atoms. The van der Waals surface area contributed by atoms with Crippen LogP contribution >= 0.6 is 0 Å². The van der Waals surface area contributed by atoms with Crippen molar-refractivity contribution < 1.29 is 14.5 Å². The van der Waals surface area contributed by atoms with Crippen molar-refractivity contribution in [3.05, 3.63) is 39.4 Å². The lowest BCUT2D eigenvalue weighted by Gasteiger charge is -2.19. The minimum atomic E-state index is -0.877. The quantitative estimate of drug-likeness (QED) is 0.451. The first kappa shape index (κ1) is 10.9. The molecule has 1 N–H and O–H groups in total. The number of rotatable bonds is 1. The molecule has 1 fully saturated rings. The number of benzene rings is 1. The maximum absolute atomic E-state index is 12.0. The standard InChI is InChI=1S/C12H10N2O4/c15-10-6-12(11(16)13-10)5-4-7-8(12)2-1-3-9(7)14(17)18/h1-3H,4-6H2,(H,13,15,16). The third-order valence-corrected chi connectivity index (χ3v) is 3.82. The lowest BCUT2D eigenvalue weighted by Crippen LogP contribution is -2.33. The van der Waals surface area contributed by atoms with Gasteiger partial charge in [-0.25, -0.2) is 0 Å². The molecule has 2 amide bonds. The molecule has 1 atom stereocenters. The molecule has 2 aliphatic rings. The zero-order valence-corrected chi connectivity index (χ0v) is 9.43. The molecule has 1 aliphatic heterocycles. The Balaban J connectivity index is 2.19. The first-order valence-electron chi connectivity index (χ1n) is 5.66. The Labute approximate surface area is 102 Å². The highest BCUT2D eigenvalue weighted by Crippen LogP contribution is 2.46. The van der Waals surface area contributed by atoms with Crippen LogP contribution in [0.25, 0.3) is 0 Å². The van der Waals surface area contributed by atoms with E-state index in [0.717, 1.165) is 0 Å². The molecule has 92 valence electrons. The van der Waals surface area contributed by atoms with Crippen LogP contribution in [-0.2, 0) is 21.4 Å². The Bertz CT molecular complexity index is 596. The summed E-state index contributed by atoms with van der Waals surface area (Å²) in [5, 5.41) is 13.2. The van der Waals surface area contributed by atoms with E-state index >= 15 is 0 Å². The summed E-state index contributed by atoms with van der Waals surface area (Å²) >= 11 is 0. The molecule has 1 heterocycles. The highest BCUT2D eigenvalue weighted by atomic mass is 16.6. The molecule has 1 unspecified atom stereocenters. The zero-order valence-electron chi connectivity index (χ0n) is 9.43. The molecule has 1 aliphatic carbocycles. The van der Waals surface area contributed by atoms with Gasteiger partial charge in [0.15, 0.2) is 0 Å². The van der Waals surface area contributed by atoms with Crippen LogP contribution in [0.3, 0.4) is 0 Å². The number of carbonyl (C=O) groups excluding carboxylic acids is 2. The first-order valence-corrected chi connectivity index (χ1v) is 5.66. The van der Waals surface area contributed by atoms with Crippen molar-refractivity contribution in [1.29, 1.82) is 0 Å². The van der Waals surface area contributed by atoms with Crippen molar-refractivity contribution in [2.45, 2.75) is 24.7 Å². The van der Waals surface area contributed by atoms with E-state index in [0.29, 0.717) is 24.0 Å². The number of hydrogen-bond donors (Lipinski definition) is 1. The largest absolute Gasteiger partial charge is 0.296 e. The Morgan fingerprint density at radius 3 is 2.72 bits per heavy atom. The van der Waals surface area contributed by atoms with Gasteiger partial charge in [-0.05, 0) is 18.4 Å². The van der Waals surface area contributed by atoms with Gasteiger partial charge in [-0.15, -0.1) is 0 Å². The van der Waals surface area contributed by atoms with Crippen molar-refractivity contribution in [1.82, 2.24) is 5.32 Å². The SMILES string of the molecule is O=C1CC2(CCc3c([N+](=O)[O-])cccc32)C(=O)N1. The Kier molecular flexibility index (Phi) is 2.04. The summed E-state index contributed by atoms with van der Waals surface area (Å²) in [6.45, 7) is 0. The lowest BCUT2D eigenvalue weighted by atomic mass is 9.80. The van der Waals surface area contributed by atoms with Crippen LogP contribution in [0, 0.1) is 10.1 Å². The molecule has 6 heteroatoms. The second-order valence-electron chi connectivity index (χ2n) is 4.70. The fraction of sp³-hybridized carbons (Fsp3) is 0.333. The van der Waals surface area contributed by atoms with Crippen molar-refractivity contribution in [3.63, 3.8) is 0 Å². The van der Waals surface area contributed by atoms with E-state index in [-0.39, 0.29) is 23.9 Å². The first-order chi connectivity index (χ1) is 8.54. The monoisotopic (exact) mass is 246 g/mol. The third kappa shape index (κ3) is 1.23. The molecular formula is C12H10N2O4. The van der Waals surface area contributed by atoms with Crippen LogP contribution in [0.15, 0.2) is 18.2 Å². The van der Waals surface area contributed by atoms with E-state index in [1.807, 2.05) is 0 Å². The van der Waals surface area contributed by atoms with Crippen molar-refractivity contribution in [3.8, 4) is 0 Å². The maximum Gasteiger partial charge on any atom is 0.272 e. The van der Waals surface area contributed by atoms with Gasteiger partial charge in [-0.2, -0.15) is 0 Å². The van der Waals surface area contributed by atoms with Gasteiger partial charge >= 0.3 is 0 Å². The number of fused-ring (bicyclic) bond motifs is 2. The second kappa shape index (κ2) is 3.38. The van der Waals surface area contributed by atoms with Crippen molar-refractivity contribution >= 4 is 17.5 Å². The average molecular weight is 246 g/mol. The van der Waals surface area contributed by atoms with Crippen LogP contribution in [-0.4, -0.2) is 16.7 Å². The van der Waals surface area contributed by atoms with Crippen molar-refractivity contribution in [2.75, 3.05) is 0 Å². The van der Waals surface area contributed by atoms with Gasteiger partial charge in [0.2, 0.25) is 11.8 Å². The summed E-state index contributed by atoms with van der Waals surface area (Å²) in [5.41, 5.74) is 0.391. The number of imide groups is 1. The Morgan fingerprint density at radius 1 is 1.33 bits per heavy atom. The van der Waals surface area contributed by atoms with Crippen LogP contribution < -0.4 is 5.32 Å². The van der Waals surface area contributed by atoms with Gasteiger partial charge in [-0.3, -0.25) is 25.0 Å². The van der Waals surface area contributed by atoms with Crippen LogP contribution in [0.5, 0.6) is 0 Å². The predicted molar refractivity (Wildman–Crippen MR) is 60.9 cm³/mol. The number of hydrogen-bond acceptors (Lipinski definition) is 4. The van der Waals surface area contributed by atoms with E-state index in [1.165, 1.54) is 6.07 Å². The van der Waals surface area contributed by atoms with E-state index in [2.05, 4.69) is 5.32 Å². The molecular weight excluding hydrogens is 236 g/mol. The van der Waals surface area contributed by atoms with Gasteiger partial charge in [0.25, 0.3) is 5.69 Å². The fourth-order valence-corrected chi connectivity index (χ4v) is 2.99. The Hall–Kier alpha value is -2.24. The van der Waals surface area contributed by atoms with Gasteiger partial charge in [0.05, 0.1) is 10.3 Å². The molecule has 0 bridgehead atoms. The molecule has 3 rings (SSSR count). The predicted octanol–water partition coefficient (Wildman–Crippen LogP) is 0.825. The number of carbonyl (C=O) groups is 2. The van der Waals surface area contributed by atoms with E-state index < -0.39 is 10.3 Å². The van der Waals surface area contributed by atoms with Crippen LogP contribution in [0.2, 0.25) is 0 Å². The third-order valence-electron chi connectivity index (χ3n) is 3.82. The highest BCUT2D eigenvalue weighted by molar-refractivity contribution is 6.09. The van der Waals surface area contributed by atoms with Gasteiger partial charge in [-0.1, -0.05) is 12.1 Å². The van der Waals surface area contributed by atoms with Crippen LogP contribution in [0.4, 0.5) is 5.69 Å². The maximum atomic E-state index is 12.0. The molecule has 6 nitrogen and oxygen atoms in total. The lowest BCUT2D eigenvalue weighted by molar-refractivity contribution is -0.385. The van der Waals surface area contributed by atoms with Gasteiger partial charge in [0, 0.05) is 18.1 Å². The summed E-state index contributed by atoms with van der Waals surface area (Å²) in [6, 6.07) is 4.72. The van der Waals surface area contributed by atoms with E-state index in [9.17, 15) is 19.7 Å². The topological polar surface area (TPSA) is 89.3 Å². The Morgan fingerprint density at radius 2 is 2.11 bits per heavy atom. The smallest absolute Gasteiger partial charge is 0.272 e. The van der Waals surface area contributed by atoms with E-state index in [4.69, 9.17) is 0 Å². The fourth-order valence-electron chi connectivity index (χ4n) is 2.99. The second-order valence-corrected chi connectivity index (χ2v) is 4.70. The molecule has 1 aromatic rings. The summed E-state index contributed by atoms with van der Waals surface area (Å²) in [5.74, 6) is -0.633. The molecule has 18 heavy (non-hydrogen) atoms. The molecule has 0 radical (unpaired) electrons. The zero-order chi connectivity index (χ0) is 12.9. The van der Waals surface area contributed by atoms with Crippen LogP contribution in [0.1, 0.15) is 24.0 Å². The summed E-state index contributed by atoms with van der Waals surface area (Å²) < 4.78 is 0. The number of nitro benzene ring substituents is 1. The summed E-state index contributed by atoms with van der Waals surface area (Å²) in [4.78, 5) is 33.8. The minimum absolute atomic E-state index is 0.0384.